The summed E-state index contributed by atoms with van der Waals surface area (Å²) in [6.45, 7) is 0.519. The first-order valence-corrected chi connectivity index (χ1v) is 6.51. The van der Waals surface area contributed by atoms with Crippen LogP contribution < -0.4 is 15.8 Å². The quantitative estimate of drug-likeness (QED) is 0.854. The number of methoxy groups -OCH3 is 1. The van der Waals surface area contributed by atoms with E-state index in [1.165, 1.54) is 0 Å². The molecule has 2 rings (SSSR count). The van der Waals surface area contributed by atoms with Gasteiger partial charge in [0.05, 0.1) is 7.11 Å². The van der Waals surface area contributed by atoms with Crippen LogP contribution in [0.3, 0.4) is 0 Å². The Morgan fingerprint density at radius 3 is 3.00 bits per heavy atom. The number of benzene rings is 1. The first-order chi connectivity index (χ1) is 9.19. The van der Waals surface area contributed by atoms with Gasteiger partial charge in [-0.15, -0.1) is 10.2 Å². The van der Waals surface area contributed by atoms with Crippen LogP contribution in [0.5, 0.6) is 5.75 Å². The third-order valence-corrected chi connectivity index (χ3v) is 3.22. The lowest BCUT2D eigenvalue weighted by Gasteiger charge is -2.05. The van der Waals surface area contributed by atoms with Crippen LogP contribution in [-0.4, -0.2) is 29.8 Å². The van der Waals surface area contributed by atoms with E-state index in [1.807, 2.05) is 24.3 Å². The largest absolute Gasteiger partial charge is 0.497 e. The predicted octanol–water partition coefficient (Wildman–Crippen LogP) is 1.10. The maximum absolute atomic E-state index is 11.7. The number of carbonyl (C=O) groups is 1. The average Bonchev–Trinajstić information content (AvgIpc) is 2.86. The maximum Gasteiger partial charge on any atom is 0.282 e. The third kappa shape index (κ3) is 3.65. The molecule has 6 nitrogen and oxygen atoms in total. The number of ether oxygens (including phenoxy) is 1. The lowest BCUT2D eigenvalue weighted by molar-refractivity contribution is 0.0953. The number of nitrogen functional groups attached to an aromatic ring is 1. The zero-order chi connectivity index (χ0) is 13.7. The highest BCUT2D eigenvalue weighted by atomic mass is 32.1. The second-order valence-electron chi connectivity index (χ2n) is 3.80. The summed E-state index contributed by atoms with van der Waals surface area (Å²) >= 11 is 1.07. The second-order valence-corrected chi connectivity index (χ2v) is 4.81. The van der Waals surface area contributed by atoms with E-state index in [0.29, 0.717) is 6.54 Å². The number of nitrogens with zero attached hydrogens (tertiary/aromatic N) is 2. The summed E-state index contributed by atoms with van der Waals surface area (Å²) in [4.78, 5) is 11.7. The first-order valence-electron chi connectivity index (χ1n) is 5.69. The molecule has 3 N–H and O–H groups in total. The van der Waals surface area contributed by atoms with Crippen molar-refractivity contribution < 1.29 is 9.53 Å². The summed E-state index contributed by atoms with van der Waals surface area (Å²) in [5.41, 5.74) is 6.51. The van der Waals surface area contributed by atoms with Crippen LogP contribution in [0.15, 0.2) is 24.3 Å². The SMILES string of the molecule is COc1cccc(CCNC(=O)c2nnc(N)s2)c1. The number of aromatic nitrogens is 2. The monoisotopic (exact) mass is 278 g/mol. The van der Waals surface area contributed by atoms with Crippen molar-refractivity contribution in [1.82, 2.24) is 15.5 Å². The molecule has 0 aliphatic heterocycles. The Morgan fingerprint density at radius 1 is 1.47 bits per heavy atom. The van der Waals surface area contributed by atoms with E-state index < -0.39 is 0 Å². The fraction of sp³-hybridized carbons (Fsp3) is 0.250. The number of nitrogens with two attached hydrogens (primary N) is 1. The molecule has 0 saturated carbocycles. The molecule has 0 aliphatic carbocycles. The summed E-state index contributed by atoms with van der Waals surface area (Å²) in [7, 11) is 1.63. The Kier molecular flexibility index (Phi) is 4.30. The van der Waals surface area contributed by atoms with Crippen molar-refractivity contribution in [2.45, 2.75) is 6.42 Å². The van der Waals surface area contributed by atoms with Crippen molar-refractivity contribution in [3.63, 3.8) is 0 Å². The van der Waals surface area contributed by atoms with Gasteiger partial charge in [0.1, 0.15) is 5.75 Å². The molecule has 2 aromatic rings. The number of nitrogens with one attached hydrogen (secondary N) is 1. The van der Waals surface area contributed by atoms with E-state index in [-0.39, 0.29) is 16.0 Å². The zero-order valence-electron chi connectivity index (χ0n) is 10.4. The van der Waals surface area contributed by atoms with E-state index in [2.05, 4.69) is 15.5 Å². The molecule has 7 heteroatoms. The minimum Gasteiger partial charge on any atom is -0.497 e. The molecule has 0 atom stereocenters. The van der Waals surface area contributed by atoms with Crippen LogP contribution in [0.1, 0.15) is 15.4 Å². The molecule has 0 saturated heterocycles. The van der Waals surface area contributed by atoms with Crippen LogP contribution in [0.25, 0.3) is 0 Å². The normalized spacial score (nSPS) is 10.2. The van der Waals surface area contributed by atoms with Gasteiger partial charge in [0.25, 0.3) is 5.91 Å². The summed E-state index contributed by atoms with van der Waals surface area (Å²) in [6, 6.07) is 7.72. The van der Waals surface area contributed by atoms with Gasteiger partial charge in [-0.25, -0.2) is 0 Å². The molecule has 19 heavy (non-hydrogen) atoms. The lowest BCUT2D eigenvalue weighted by atomic mass is 10.1. The molecular weight excluding hydrogens is 264 g/mol. The van der Waals surface area contributed by atoms with E-state index in [9.17, 15) is 4.79 Å². The molecular formula is C12H14N4O2S. The predicted molar refractivity (Wildman–Crippen MR) is 73.4 cm³/mol. The number of amides is 1. The van der Waals surface area contributed by atoms with Crippen molar-refractivity contribution in [2.75, 3.05) is 19.4 Å². The molecule has 0 bridgehead atoms. The van der Waals surface area contributed by atoms with E-state index in [1.54, 1.807) is 7.11 Å². The topological polar surface area (TPSA) is 90.1 Å². The summed E-state index contributed by atoms with van der Waals surface area (Å²) in [6.07, 6.45) is 0.719. The van der Waals surface area contributed by atoms with Crippen molar-refractivity contribution in [2.24, 2.45) is 0 Å². The molecule has 1 heterocycles. The first kappa shape index (κ1) is 13.3. The number of rotatable bonds is 5. The van der Waals surface area contributed by atoms with Gasteiger partial charge in [-0.2, -0.15) is 0 Å². The van der Waals surface area contributed by atoms with Crippen molar-refractivity contribution >= 4 is 22.4 Å². The van der Waals surface area contributed by atoms with Gasteiger partial charge in [-0.1, -0.05) is 23.5 Å². The Balaban J connectivity index is 1.84. The van der Waals surface area contributed by atoms with Crippen LogP contribution in [0.4, 0.5) is 5.13 Å². The Morgan fingerprint density at radius 2 is 2.32 bits per heavy atom. The lowest BCUT2D eigenvalue weighted by Crippen LogP contribution is -2.25. The van der Waals surface area contributed by atoms with Gasteiger partial charge in [-0.05, 0) is 24.1 Å². The fourth-order valence-corrected chi connectivity index (χ4v) is 2.08. The Bertz CT molecular complexity index is 570. The van der Waals surface area contributed by atoms with Crippen molar-refractivity contribution in [1.29, 1.82) is 0 Å². The molecule has 0 spiro atoms. The highest BCUT2D eigenvalue weighted by molar-refractivity contribution is 7.16. The van der Waals surface area contributed by atoms with E-state index in [0.717, 1.165) is 29.1 Å². The molecule has 100 valence electrons. The van der Waals surface area contributed by atoms with Gasteiger partial charge >= 0.3 is 0 Å². The Labute approximate surface area is 114 Å². The molecule has 1 amide bonds. The van der Waals surface area contributed by atoms with Crippen molar-refractivity contribution in [3.8, 4) is 5.75 Å². The number of hydrogen-bond acceptors (Lipinski definition) is 6. The summed E-state index contributed by atoms with van der Waals surface area (Å²) in [5.74, 6) is 0.554. The molecule has 0 radical (unpaired) electrons. The number of hydrogen-bond donors (Lipinski definition) is 2. The van der Waals surface area contributed by atoms with Gasteiger partial charge in [0.2, 0.25) is 10.1 Å². The third-order valence-electron chi connectivity index (χ3n) is 2.47. The molecule has 0 aliphatic rings. The van der Waals surface area contributed by atoms with Gasteiger partial charge < -0.3 is 15.8 Å². The molecule has 0 unspecified atom stereocenters. The van der Waals surface area contributed by atoms with E-state index in [4.69, 9.17) is 10.5 Å². The minimum absolute atomic E-state index is 0.253. The van der Waals surface area contributed by atoms with E-state index >= 15 is 0 Å². The smallest absolute Gasteiger partial charge is 0.282 e. The number of anilines is 1. The molecule has 1 aromatic carbocycles. The molecule has 1 aromatic heterocycles. The van der Waals surface area contributed by atoms with Crippen LogP contribution in [0, 0.1) is 0 Å². The van der Waals surface area contributed by atoms with Gasteiger partial charge in [-0.3, -0.25) is 4.79 Å². The minimum atomic E-state index is -0.253. The van der Waals surface area contributed by atoms with Crippen LogP contribution in [0.2, 0.25) is 0 Å². The van der Waals surface area contributed by atoms with Gasteiger partial charge in [0, 0.05) is 6.54 Å². The Hall–Kier alpha value is -2.15. The standard InChI is InChI=1S/C12H14N4O2S/c1-18-9-4-2-3-8(7-9)5-6-14-10(17)11-15-16-12(13)19-11/h2-4,7H,5-6H2,1H3,(H2,13,16)(H,14,17). The van der Waals surface area contributed by atoms with Crippen LogP contribution in [-0.2, 0) is 6.42 Å². The fourth-order valence-electron chi connectivity index (χ4n) is 1.55. The highest BCUT2D eigenvalue weighted by Gasteiger charge is 2.10. The zero-order valence-corrected chi connectivity index (χ0v) is 11.2. The average molecular weight is 278 g/mol. The molecule has 0 fully saturated rings. The second kappa shape index (κ2) is 6.14. The summed E-state index contributed by atoms with van der Waals surface area (Å²) < 4.78 is 5.14. The summed E-state index contributed by atoms with van der Waals surface area (Å²) in [5, 5.41) is 10.6. The maximum atomic E-state index is 11.7. The van der Waals surface area contributed by atoms with Crippen molar-refractivity contribution in [3.05, 3.63) is 34.8 Å². The highest BCUT2D eigenvalue weighted by Crippen LogP contribution is 2.13. The number of carbonyl (C=O) groups excluding carboxylic acids is 1. The van der Waals surface area contributed by atoms with Gasteiger partial charge in [0.15, 0.2) is 0 Å². The van der Waals surface area contributed by atoms with Crippen LogP contribution >= 0.6 is 11.3 Å².